The van der Waals surface area contributed by atoms with Crippen LogP contribution in [0.3, 0.4) is 0 Å². The lowest BCUT2D eigenvalue weighted by molar-refractivity contribution is 0.109. The number of likely N-dealkylation sites (tertiary alicyclic amines) is 1. The second-order valence-electron chi connectivity index (χ2n) is 5.72. The second kappa shape index (κ2) is 8.55. The largest absolute Gasteiger partial charge is 0.289 e. The lowest BCUT2D eigenvalue weighted by Crippen LogP contribution is -2.34. The van der Waals surface area contributed by atoms with E-state index < -0.39 is 0 Å². The van der Waals surface area contributed by atoms with Gasteiger partial charge in [0.15, 0.2) is 0 Å². The molecule has 0 aromatic carbocycles. The fourth-order valence-corrected chi connectivity index (χ4v) is 3.63. The molecule has 1 saturated heterocycles. The highest BCUT2D eigenvalue weighted by molar-refractivity contribution is 9.10. The van der Waals surface area contributed by atoms with Crippen LogP contribution in [0.15, 0.2) is 41.1 Å². The molecule has 1 aliphatic rings. The van der Waals surface area contributed by atoms with Crippen molar-refractivity contribution in [2.45, 2.75) is 52.1 Å². The first-order valence-corrected chi connectivity index (χ1v) is 9.22. The Morgan fingerprint density at radius 1 is 1.09 bits per heavy atom. The average molecular weight is 376 g/mol. The molecular formula is C19H26BrN3. The molecule has 23 heavy (non-hydrogen) atoms. The molecule has 3 rings (SSSR count). The molecule has 0 radical (unpaired) electrons. The Morgan fingerprint density at radius 3 is 2.52 bits per heavy atom. The van der Waals surface area contributed by atoms with Crippen molar-refractivity contribution in [1.82, 2.24) is 14.9 Å². The van der Waals surface area contributed by atoms with Gasteiger partial charge >= 0.3 is 0 Å². The Morgan fingerprint density at radius 2 is 1.83 bits per heavy atom. The van der Waals surface area contributed by atoms with E-state index in [4.69, 9.17) is 0 Å². The summed E-state index contributed by atoms with van der Waals surface area (Å²) in [6, 6.07) is 11.1. The molecule has 4 heteroatoms. The molecule has 0 bridgehead atoms. The van der Waals surface area contributed by atoms with Gasteiger partial charge in [-0.2, -0.15) is 0 Å². The van der Waals surface area contributed by atoms with Crippen LogP contribution in [-0.2, 0) is 0 Å². The van der Waals surface area contributed by atoms with Crippen molar-refractivity contribution in [3.63, 3.8) is 0 Å². The van der Waals surface area contributed by atoms with E-state index in [1.165, 1.54) is 24.1 Å². The van der Waals surface area contributed by atoms with E-state index >= 15 is 0 Å². The first-order chi connectivity index (χ1) is 11.2. The van der Waals surface area contributed by atoms with Crippen molar-refractivity contribution in [2.24, 2.45) is 0 Å². The summed E-state index contributed by atoms with van der Waals surface area (Å²) in [6.45, 7) is 6.15. The van der Waals surface area contributed by atoms with Crippen LogP contribution >= 0.6 is 15.9 Å². The third kappa shape index (κ3) is 4.18. The van der Waals surface area contributed by atoms with Crippen molar-refractivity contribution < 1.29 is 0 Å². The Bertz CT molecular complexity index is 630. The molecule has 0 amide bonds. The number of hydrogen-bond donors (Lipinski definition) is 0. The van der Waals surface area contributed by atoms with Crippen LogP contribution in [0.4, 0.5) is 0 Å². The SMILES string of the molecule is CC.Cc1cccnc1C1CCCC(c2cccc(Br)n2)N1C. The first-order valence-electron chi connectivity index (χ1n) is 8.42. The van der Waals surface area contributed by atoms with E-state index in [-0.39, 0.29) is 0 Å². The normalized spacial score (nSPS) is 21.4. The zero-order valence-corrected chi connectivity index (χ0v) is 16.0. The minimum Gasteiger partial charge on any atom is -0.289 e. The molecule has 0 spiro atoms. The Hall–Kier alpha value is -1.26. The van der Waals surface area contributed by atoms with Gasteiger partial charge in [-0.15, -0.1) is 0 Å². The van der Waals surface area contributed by atoms with Crippen LogP contribution in [0.5, 0.6) is 0 Å². The Labute approximate surface area is 148 Å². The fraction of sp³-hybridized carbons (Fsp3) is 0.474. The minimum atomic E-state index is 0.364. The predicted octanol–water partition coefficient (Wildman–Crippen LogP) is 5.47. The minimum absolute atomic E-state index is 0.364. The Balaban J connectivity index is 0.000000924. The molecular weight excluding hydrogens is 350 g/mol. The summed E-state index contributed by atoms with van der Waals surface area (Å²) in [6.07, 6.45) is 5.43. The summed E-state index contributed by atoms with van der Waals surface area (Å²) >= 11 is 3.48. The molecule has 0 aliphatic carbocycles. The van der Waals surface area contributed by atoms with Gasteiger partial charge in [-0.05, 0) is 72.9 Å². The fourth-order valence-electron chi connectivity index (χ4n) is 3.27. The number of aromatic nitrogens is 2. The van der Waals surface area contributed by atoms with E-state index in [1.54, 1.807) is 0 Å². The highest BCUT2D eigenvalue weighted by Gasteiger charge is 2.31. The number of aryl methyl sites for hydroxylation is 1. The molecule has 2 aromatic heterocycles. The number of piperidine rings is 1. The maximum atomic E-state index is 4.65. The summed E-state index contributed by atoms with van der Waals surface area (Å²) in [4.78, 5) is 11.7. The number of halogens is 1. The summed E-state index contributed by atoms with van der Waals surface area (Å²) in [7, 11) is 2.20. The zero-order chi connectivity index (χ0) is 16.8. The van der Waals surface area contributed by atoms with E-state index in [9.17, 15) is 0 Å². The second-order valence-corrected chi connectivity index (χ2v) is 6.53. The lowest BCUT2D eigenvalue weighted by Gasteiger charge is -2.39. The highest BCUT2D eigenvalue weighted by atomic mass is 79.9. The maximum Gasteiger partial charge on any atom is 0.106 e. The first kappa shape index (κ1) is 18.1. The van der Waals surface area contributed by atoms with Crippen LogP contribution in [0.2, 0.25) is 0 Å². The smallest absolute Gasteiger partial charge is 0.106 e. The standard InChI is InChI=1S/C17H20BrN3.C2H6/c1-12-6-5-11-19-17(12)15-9-4-8-14(21(15)2)13-7-3-10-16(18)20-13;1-2/h3,5-7,10-11,14-15H,4,8-9H2,1-2H3;1-2H3. The zero-order valence-electron chi connectivity index (χ0n) is 14.5. The van der Waals surface area contributed by atoms with Gasteiger partial charge < -0.3 is 0 Å². The molecule has 3 nitrogen and oxygen atoms in total. The van der Waals surface area contributed by atoms with Gasteiger partial charge in [-0.3, -0.25) is 9.88 Å². The summed E-state index contributed by atoms with van der Waals surface area (Å²) in [5, 5.41) is 0. The topological polar surface area (TPSA) is 29.0 Å². The third-order valence-electron chi connectivity index (χ3n) is 4.38. The van der Waals surface area contributed by atoms with Crippen LogP contribution < -0.4 is 0 Å². The number of pyridine rings is 2. The maximum absolute atomic E-state index is 4.65. The summed E-state index contributed by atoms with van der Waals surface area (Å²) < 4.78 is 0.907. The van der Waals surface area contributed by atoms with Crippen molar-refractivity contribution in [3.05, 3.63) is 58.1 Å². The van der Waals surface area contributed by atoms with Crippen LogP contribution in [0.25, 0.3) is 0 Å². The monoisotopic (exact) mass is 375 g/mol. The summed E-state index contributed by atoms with van der Waals surface area (Å²) in [5.41, 5.74) is 3.63. The van der Waals surface area contributed by atoms with E-state index in [0.717, 1.165) is 16.7 Å². The number of nitrogens with zero attached hydrogens (tertiary/aromatic N) is 3. The summed E-state index contributed by atoms with van der Waals surface area (Å²) in [5.74, 6) is 0. The number of rotatable bonds is 2. The Kier molecular flexibility index (Phi) is 6.72. The molecule has 2 aromatic rings. The molecule has 1 aliphatic heterocycles. The van der Waals surface area contributed by atoms with E-state index in [0.29, 0.717) is 12.1 Å². The molecule has 124 valence electrons. The molecule has 0 saturated carbocycles. The van der Waals surface area contributed by atoms with Gasteiger partial charge in [-0.25, -0.2) is 4.98 Å². The van der Waals surface area contributed by atoms with Gasteiger partial charge in [0.2, 0.25) is 0 Å². The van der Waals surface area contributed by atoms with Crippen molar-refractivity contribution in [3.8, 4) is 0 Å². The van der Waals surface area contributed by atoms with Gasteiger partial charge in [0.05, 0.1) is 23.5 Å². The third-order valence-corrected chi connectivity index (χ3v) is 4.82. The quantitative estimate of drug-likeness (QED) is 0.651. The van der Waals surface area contributed by atoms with Crippen molar-refractivity contribution >= 4 is 15.9 Å². The van der Waals surface area contributed by atoms with E-state index in [1.807, 2.05) is 32.2 Å². The van der Waals surface area contributed by atoms with E-state index in [2.05, 4.69) is 63.0 Å². The van der Waals surface area contributed by atoms with Gasteiger partial charge in [0, 0.05) is 6.20 Å². The van der Waals surface area contributed by atoms with Crippen LogP contribution in [-0.4, -0.2) is 21.9 Å². The van der Waals surface area contributed by atoms with Crippen molar-refractivity contribution in [1.29, 1.82) is 0 Å². The van der Waals surface area contributed by atoms with Crippen LogP contribution in [0.1, 0.15) is 62.1 Å². The lowest BCUT2D eigenvalue weighted by atomic mass is 9.90. The average Bonchev–Trinajstić information content (AvgIpc) is 2.58. The molecule has 2 unspecified atom stereocenters. The highest BCUT2D eigenvalue weighted by Crippen LogP contribution is 2.40. The van der Waals surface area contributed by atoms with Gasteiger partial charge in [0.25, 0.3) is 0 Å². The van der Waals surface area contributed by atoms with Crippen molar-refractivity contribution in [2.75, 3.05) is 7.05 Å². The predicted molar refractivity (Wildman–Crippen MR) is 99.4 cm³/mol. The van der Waals surface area contributed by atoms with Gasteiger partial charge in [0.1, 0.15) is 4.60 Å². The molecule has 2 atom stereocenters. The number of hydrogen-bond acceptors (Lipinski definition) is 3. The molecule has 0 N–H and O–H groups in total. The van der Waals surface area contributed by atoms with Crippen LogP contribution in [0, 0.1) is 6.92 Å². The molecule has 1 fully saturated rings. The van der Waals surface area contributed by atoms with Gasteiger partial charge in [-0.1, -0.05) is 26.0 Å². The molecule has 3 heterocycles.